The van der Waals surface area contributed by atoms with E-state index in [1.54, 1.807) is 24.3 Å². The summed E-state index contributed by atoms with van der Waals surface area (Å²) in [6.45, 7) is 0. The van der Waals surface area contributed by atoms with E-state index in [0.29, 0.717) is 0 Å². The highest BCUT2D eigenvalue weighted by Gasteiger charge is 2.07. The first-order valence-corrected chi connectivity index (χ1v) is 5.61. The molecule has 0 saturated carbocycles. The van der Waals surface area contributed by atoms with Gasteiger partial charge < -0.3 is 0 Å². The lowest BCUT2D eigenvalue weighted by molar-refractivity contribution is 0.0992. The summed E-state index contributed by atoms with van der Waals surface area (Å²) in [5, 5.41) is 4.67. The van der Waals surface area contributed by atoms with Gasteiger partial charge in [-0.2, -0.15) is 0 Å². The molecular formula is C14H8N2O4. The van der Waals surface area contributed by atoms with Crippen molar-refractivity contribution in [3.05, 3.63) is 69.5 Å². The summed E-state index contributed by atoms with van der Waals surface area (Å²) in [6.07, 6.45) is 0. The Bertz CT molecular complexity index is 614. The first kappa shape index (κ1) is 13.4. The molecule has 2 aromatic rings. The Balaban J connectivity index is 2.28. The predicted molar refractivity (Wildman–Crippen MR) is 72.1 cm³/mol. The van der Waals surface area contributed by atoms with E-state index < -0.39 is 11.8 Å². The van der Waals surface area contributed by atoms with Crippen LogP contribution in [0.5, 0.6) is 0 Å². The fraction of sp³-hybridized carbons (Fsp3) is 0. The number of rotatable bonds is 3. The Kier molecular flexibility index (Phi) is 3.85. The summed E-state index contributed by atoms with van der Waals surface area (Å²) in [7, 11) is 0. The lowest BCUT2D eigenvalue weighted by Crippen LogP contribution is -1.94. The summed E-state index contributed by atoms with van der Waals surface area (Å²) >= 11 is 0. The molecule has 20 heavy (non-hydrogen) atoms. The molecule has 0 N–H and O–H groups in total. The van der Waals surface area contributed by atoms with E-state index in [1.807, 2.05) is 0 Å². The van der Waals surface area contributed by atoms with Crippen LogP contribution in [-0.4, -0.2) is 11.8 Å². The highest BCUT2D eigenvalue weighted by Crippen LogP contribution is 2.21. The summed E-state index contributed by atoms with van der Waals surface area (Å²) < 4.78 is 0. The predicted octanol–water partition coefficient (Wildman–Crippen LogP) is 3.17. The Hall–Kier alpha value is -3.02. The average molecular weight is 268 g/mol. The molecular weight excluding hydrogens is 260 g/mol. The van der Waals surface area contributed by atoms with E-state index in [9.17, 15) is 19.4 Å². The van der Waals surface area contributed by atoms with Gasteiger partial charge in [-0.05, 0) is 35.4 Å². The van der Waals surface area contributed by atoms with Gasteiger partial charge in [0, 0.05) is 21.5 Å². The number of amides is 2. The van der Waals surface area contributed by atoms with Crippen molar-refractivity contribution in [2.75, 3.05) is 0 Å². The molecule has 6 nitrogen and oxygen atoms in total. The average Bonchev–Trinajstić information content (AvgIpc) is 2.53. The molecule has 0 aromatic heterocycles. The van der Waals surface area contributed by atoms with Crippen LogP contribution in [0.15, 0.2) is 58.9 Å². The highest BCUT2D eigenvalue weighted by molar-refractivity contribution is 5.96. The number of hydrogen-bond acceptors (Lipinski definition) is 4. The summed E-state index contributed by atoms with van der Waals surface area (Å²) in [4.78, 5) is 42.4. The van der Waals surface area contributed by atoms with Crippen LogP contribution in [0.3, 0.4) is 0 Å². The van der Waals surface area contributed by atoms with Crippen molar-refractivity contribution in [3.63, 3.8) is 0 Å². The van der Waals surface area contributed by atoms with Gasteiger partial charge in [-0.25, -0.2) is 0 Å². The Morgan fingerprint density at radius 1 is 0.600 bits per heavy atom. The third-order valence-corrected chi connectivity index (χ3v) is 2.76. The maximum atomic E-state index is 11.1. The highest BCUT2D eigenvalue weighted by atomic mass is 16.3. The molecule has 6 heteroatoms. The van der Waals surface area contributed by atoms with Gasteiger partial charge in [0.05, 0.1) is 0 Å². The smallest absolute Gasteiger partial charge is 0.263 e. The number of carbonyl (C=O) groups excluding carboxylic acids is 2. The summed E-state index contributed by atoms with van der Waals surface area (Å²) in [6, 6.07) is 12.6. The molecule has 0 aliphatic carbocycles. The van der Waals surface area contributed by atoms with Gasteiger partial charge in [0.15, 0.2) is 0 Å². The molecule has 0 bridgehead atoms. The third kappa shape index (κ3) is 2.69. The first-order chi connectivity index (χ1) is 9.65. The van der Waals surface area contributed by atoms with Crippen molar-refractivity contribution in [3.8, 4) is 11.1 Å². The second kappa shape index (κ2) is 5.75. The molecule has 2 rings (SSSR count). The zero-order valence-corrected chi connectivity index (χ0v) is 10.1. The minimum absolute atomic E-state index is 0.209. The maximum absolute atomic E-state index is 11.1. The number of benzene rings is 2. The zero-order valence-electron chi connectivity index (χ0n) is 10.1. The van der Waals surface area contributed by atoms with Crippen molar-refractivity contribution >= 4 is 11.8 Å². The van der Waals surface area contributed by atoms with Gasteiger partial charge in [-0.15, -0.1) is 9.81 Å². The van der Waals surface area contributed by atoms with Gasteiger partial charge in [0.25, 0.3) is 0 Å². The second-order valence-corrected chi connectivity index (χ2v) is 3.95. The van der Waals surface area contributed by atoms with Crippen LogP contribution in [0.1, 0.15) is 20.7 Å². The van der Waals surface area contributed by atoms with E-state index in [0.717, 1.165) is 11.1 Å². The third-order valence-electron chi connectivity index (χ3n) is 2.76. The van der Waals surface area contributed by atoms with E-state index in [1.165, 1.54) is 24.3 Å². The monoisotopic (exact) mass is 268 g/mol. The molecule has 0 unspecified atom stereocenters. The summed E-state index contributed by atoms with van der Waals surface area (Å²) in [5.74, 6) is -1.65. The van der Waals surface area contributed by atoms with Crippen molar-refractivity contribution in [2.45, 2.75) is 0 Å². The maximum Gasteiger partial charge on any atom is 0.316 e. The minimum atomic E-state index is -0.824. The van der Waals surface area contributed by atoms with E-state index >= 15 is 0 Å². The molecule has 0 radical (unpaired) electrons. The zero-order chi connectivity index (χ0) is 14.5. The van der Waals surface area contributed by atoms with Crippen LogP contribution in [0.2, 0.25) is 0 Å². The molecule has 0 aliphatic heterocycles. The van der Waals surface area contributed by atoms with Gasteiger partial charge >= 0.3 is 11.8 Å². The van der Waals surface area contributed by atoms with Crippen LogP contribution in [-0.2, 0) is 0 Å². The molecule has 0 heterocycles. The molecule has 0 aliphatic rings. The Morgan fingerprint density at radius 3 is 1.15 bits per heavy atom. The molecule has 98 valence electrons. The van der Waals surface area contributed by atoms with Crippen LogP contribution < -0.4 is 0 Å². The van der Waals surface area contributed by atoms with E-state index in [2.05, 4.69) is 10.4 Å². The van der Waals surface area contributed by atoms with Gasteiger partial charge in [-0.3, -0.25) is 9.59 Å². The lowest BCUT2D eigenvalue weighted by Gasteiger charge is -2.02. The van der Waals surface area contributed by atoms with Crippen molar-refractivity contribution in [1.29, 1.82) is 0 Å². The fourth-order valence-electron chi connectivity index (χ4n) is 1.72. The van der Waals surface area contributed by atoms with E-state index in [-0.39, 0.29) is 11.1 Å². The van der Waals surface area contributed by atoms with Crippen molar-refractivity contribution in [1.82, 2.24) is 0 Å². The molecule has 0 atom stereocenters. The minimum Gasteiger partial charge on any atom is -0.263 e. The number of carbonyl (C=O) groups is 2. The van der Waals surface area contributed by atoms with E-state index in [4.69, 9.17) is 0 Å². The normalized spacial score (nSPS) is 9.80. The topological polar surface area (TPSA) is 93.0 Å². The molecule has 2 aromatic carbocycles. The van der Waals surface area contributed by atoms with Crippen LogP contribution in [0.4, 0.5) is 0 Å². The first-order valence-electron chi connectivity index (χ1n) is 5.61. The number of nitrogens with zero attached hydrogens (tertiary/aromatic N) is 2. The standard InChI is InChI=1S/C14H8N2O4/c17-13(15-19)11-5-1-9(2-6-11)10-3-7-12(8-4-10)14(18)16-20/h1-8H. The molecule has 2 amide bonds. The molecule has 0 fully saturated rings. The second-order valence-electron chi connectivity index (χ2n) is 3.95. The molecule has 0 saturated heterocycles. The fourth-order valence-corrected chi connectivity index (χ4v) is 1.72. The Labute approximate surface area is 113 Å². The van der Waals surface area contributed by atoms with Gasteiger partial charge in [0.1, 0.15) is 0 Å². The summed E-state index contributed by atoms with van der Waals surface area (Å²) in [5.41, 5.74) is 2.01. The quantitative estimate of drug-likeness (QED) is 0.799. The van der Waals surface area contributed by atoms with Crippen molar-refractivity contribution < 1.29 is 9.59 Å². The lowest BCUT2D eigenvalue weighted by atomic mass is 10.0. The molecule has 0 spiro atoms. The number of nitroso groups, excluding NO2 is 2. The van der Waals surface area contributed by atoms with Gasteiger partial charge in [-0.1, -0.05) is 24.3 Å². The Morgan fingerprint density at radius 2 is 0.900 bits per heavy atom. The van der Waals surface area contributed by atoms with Crippen LogP contribution in [0.25, 0.3) is 11.1 Å². The van der Waals surface area contributed by atoms with Crippen LogP contribution >= 0.6 is 0 Å². The van der Waals surface area contributed by atoms with Gasteiger partial charge in [0.2, 0.25) is 0 Å². The number of hydrogen-bond donors (Lipinski definition) is 0. The van der Waals surface area contributed by atoms with Crippen molar-refractivity contribution in [2.24, 2.45) is 10.4 Å². The van der Waals surface area contributed by atoms with Crippen LogP contribution in [0, 0.1) is 9.81 Å². The SMILES string of the molecule is O=NC(=O)c1ccc(-c2ccc(C(=O)N=O)cc2)cc1. The largest absolute Gasteiger partial charge is 0.316 e.